The lowest BCUT2D eigenvalue weighted by Crippen LogP contribution is -2.22. The number of rotatable bonds is 4. The van der Waals surface area contributed by atoms with E-state index in [9.17, 15) is 8.94 Å². The molecule has 6 nitrogen and oxygen atoms in total. The molecule has 0 amide bonds. The van der Waals surface area contributed by atoms with Crippen molar-refractivity contribution in [2.45, 2.75) is 23.8 Å². The Morgan fingerprint density at radius 3 is 2.91 bits per heavy atom. The largest absolute Gasteiger partial charge is 0.609 e. The van der Waals surface area contributed by atoms with E-state index in [2.05, 4.69) is 19.9 Å². The molecule has 3 aromatic heterocycles. The maximum atomic E-state index is 14.6. The van der Waals surface area contributed by atoms with Gasteiger partial charge in [-0.2, -0.15) is 4.98 Å². The summed E-state index contributed by atoms with van der Waals surface area (Å²) < 4.78 is 27.1. The zero-order valence-corrected chi connectivity index (χ0v) is 13.8. The van der Waals surface area contributed by atoms with Gasteiger partial charge in [0.15, 0.2) is 17.4 Å². The number of aromatic nitrogens is 4. The maximum absolute atomic E-state index is 14.6. The molecule has 1 aliphatic rings. The van der Waals surface area contributed by atoms with Crippen molar-refractivity contribution in [2.75, 3.05) is 18.0 Å². The van der Waals surface area contributed by atoms with Crippen LogP contribution in [0.15, 0.2) is 22.2 Å². The molecular weight excluding hydrogens is 337 g/mol. The molecule has 0 radical (unpaired) electrons. The lowest BCUT2D eigenvalue weighted by molar-refractivity contribution is 0.573. The van der Waals surface area contributed by atoms with Gasteiger partial charge in [-0.05, 0) is 12.8 Å². The Bertz CT molecular complexity index is 801. The van der Waals surface area contributed by atoms with E-state index in [1.165, 1.54) is 17.7 Å². The lowest BCUT2D eigenvalue weighted by atomic mass is 10.4. The first-order chi connectivity index (χ1) is 11.2. The number of halogens is 1. The van der Waals surface area contributed by atoms with Gasteiger partial charge in [0, 0.05) is 35.0 Å². The standard InChI is InChI=1S/C14H14FN5OS2/c15-12-11(16-8-17-13(12)20-3-1-2-4-20)7-23(21)14-18-9-5-22-6-10(9)19-14/h5-6,8H,1-4,7H2,(H,18,19). The van der Waals surface area contributed by atoms with Crippen LogP contribution in [0.3, 0.4) is 0 Å². The minimum Gasteiger partial charge on any atom is -0.609 e. The molecule has 120 valence electrons. The zero-order chi connectivity index (χ0) is 15.8. The van der Waals surface area contributed by atoms with Crippen LogP contribution in [0.25, 0.3) is 11.0 Å². The number of fused-ring (bicyclic) bond motifs is 1. The van der Waals surface area contributed by atoms with E-state index in [0.29, 0.717) is 11.0 Å². The van der Waals surface area contributed by atoms with Gasteiger partial charge in [-0.25, -0.2) is 14.4 Å². The topological polar surface area (TPSA) is 80.8 Å². The molecule has 1 aliphatic heterocycles. The molecule has 23 heavy (non-hydrogen) atoms. The van der Waals surface area contributed by atoms with Crippen molar-refractivity contribution < 1.29 is 8.94 Å². The highest BCUT2D eigenvalue weighted by atomic mass is 32.2. The number of nitrogens with one attached hydrogen (secondary N) is 1. The summed E-state index contributed by atoms with van der Waals surface area (Å²) in [5.41, 5.74) is 1.79. The molecule has 1 N–H and O–H groups in total. The average molecular weight is 351 g/mol. The highest BCUT2D eigenvalue weighted by Crippen LogP contribution is 2.25. The van der Waals surface area contributed by atoms with Gasteiger partial charge in [0.1, 0.15) is 17.5 Å². The summed E-state index contributed by atoms with van der Waals surface area (Å²) in [6.45, 7) is 1.59. The van der Waals surface area contributed by atoms with E-state index in [1.54, 1.807) is 0 Å². The summed E-state index contributed by atoms with van der Waals surface area (Å²) in [4.78, 5) is 17.2. The molecule has 1 saturated heterocycles. The predicted octanol–water partition coefficient (Wildman–Crippen LogP) is 2.46. The van der Waals surface area contributed by atoms with E-state index in [0.717, 1.165) is 37.0 Å². The Hall–Kier alpha value is -1.71. The van der Waals surface area contributed by atoms with E-state index < -0.39 is 17.0 Å². The predicted molar refractivity (Wildman–Crippen MR) is 87.5 cm³/mol. The second-order valence-electron chi connectivity index (χ2n) is 5.35. The number of thiophene rings is 1. The Labute approximate surface area is 139 Å². The summed E-state index contributed by atoms with van der Waals surface area (Å²) in [5, 5.41) is 4.13. The van der Waals surface area contributed by atoms with Crippen LogP contribution in [0.4, 0.5) is 10.2 Å². The van der Waals surface area contributed by atoms with Gasteiger partial charge in [-0.15, -0.1) is 11.3 Å². The van der Waals surface area contributed by atoms with Gasteiger partial charge >= 0.3 is 5.16 Å². The van der Waals surface area contributed by atoms with Gasteiger partial charge in [-0.1, -0.05) is 0 Å². The van der Waals surface area contributed by atoms with Gasteiger partial charge < -0.3 is 9.45 Å². The first-order valence-electron chi connectivity index (χ1n) is 7.27. The van der Waals surface area contributed by atoms with Gasteiger partial charge in [-0.3, -0.25) is 4.98 Å². The lowest BCUT2D eigenvalue weighted by Gasteiger charge is -2.17. The molecule has 1 unspecified atom stereocenters. The molecule has 9 heteroatoms. The molecule has 0 spiro atoms. The van der Waals surface area contributed by atoms with E-state index >= 15 is 0 Å². The summed E-state index contributed by atoms with van der Waals surface area (Å²) in [6, 6.07) is 0. The first-order valence-corrected chi connectivity index (χ1v) is 9.53. The van der Waals surface area contributed by atoms with Crippen LogP contribution in [0, 0.1) is 5.82 Å². The number of anilines is 1. The fourth-order valence-corrected chi connectivity index (χ4v) is 4.37. The SMILES string of the molecule is [O-][S+](Cc1ncnc(N2CCCC2)c1F)c1nc2cscc2[nH]1. The van der Waals surface area contributed by atoms with Crippen LogP contribution in [-0.2, 0) is 16.9 Å². The normalized spacial score (nSPS) is 16.3. The minimum atomic E-state index is -1.48. The van der Waals surface area contributed by atoms with Crippen molar-refractivity contribution in [3.8, 4) is 0 Å². The fraction of sp³-hybridized carbons (Fsp3) is 0.357. The second-order valence-corrected chi connectivity index (χ2v) is 7.46. The van der Waals surface area contributed by atoms with Gasteiger partial charge in [0.2, 0.25) is 0 Å². The third-order valence-corrected chi connectivity index (χ3v) is 5.73. The van der Waals surface area contributed by atoms with Crippen molar-refractivity contribution in [1.29, 1.82) is 0 Å². The van der Waals surface area contributed by atoms with Crippen LogP contribution in [0.5, 0.6) is 0 Å². The third-order valence-electron chi connectivity index (χ3n) is 3.84. The van der Waals surface area contributed by atoms with Crippen LogP contribution < -0.4 is 4.90 Å². The van der Waals surface area contributed by atoms with Crippen LogP contribution >= 0.6 is 11.3 Å². The quantitative estimate of drug-likeness (QED) is 0.730. The van der Waals surface area contributed by atoms with E-state index in [1.807, 2.05) is 15.7 Å². The average Bonchev–Trinajstić information content (AvgIpc) is 3.25. The monoisotopic (exact) mass is 351 g/mol. The first kappa shape index (κ1) is 14.9. The molecule has 4 rings (SSSR count). The molecule has 0 aliphatic carbocycles. The smallest absolute Gasteiger partial charge is 0.322 e. The summed E-state index contributed by atoms with van der Waals surface area (Å²) in [7, 11) is 0. The molecule has 0 aromatic carbocycles. The Balaban J connectivity index is 1.58. The highest BCUT2D eigenvalue weighted by molar-refractivity contribution is 7.90. The number of hydrogen-bond acceptors (Lipinski definition) is 6. The van der Waals surface area contributed by atoms with Crippen LogP contribution in [0.2, 0.25) is 0 Å². The van der Waals surface area contributed by atoms with Crippen molar-refractivity contribution in [2.24, 2.45) is 0 Å². The van der Waals surface area contributed by atoms with Crippen molar-refractivity contribution in [3.05, 3.63) is 28.6 Å². The number of aromatic amines is 1. The third kappa shape index (κ3) is 2.79. The molecule has 1 atom stereocenters. The van der Waals surface area contributed by atoms with Gasteiger partial charge in [0.25, 0.3) is 0 Å². The summed E-state index contributed by atoms with van der Waals surface area (Å²) >= 11 is 0.0473. The summed E-state index contributed by atoms with van der Waals surface area (Å²) in [5.74, 6) is -0.186. The minimum absolute atomic E-state index is 0.0191. The van der Waals surface area contributed by atoms with Crippen molar-refractivity contribution in [3.63, 3.8) is 0 Å². The second kappa shape index (κ2) is 6.06. The Morgan fingerprint density at radius 2 is 2.13 bits per heavy atom. The van der Waals surface area contributed by atoms with Crippen molar-refractivity contribution >= 4 is 39.4 Å². The number of H-pyrrole nitrogens is 1. The number of nitrogens with zero attached hydrogens (tertiary/aromatic N) is 4. The molecular formula is C14H14FN5OS2. The van der Waals surface area contributed by atoms with E-state index in [-0.39, 0.29) is 11.4 Å². The van der Waals surface area contributed by atoms with Crippen molar-refractivity contribution in [1.82, 2.24) is 19.9 Å². The molecule has 4 heterocycles. The Morgan fingerprint density at radius 1 is 1.30 bits per heavy atom. The fourth-order valence-electron chi connectivity index (χ4n) is 2.67. The van der Waals surface area contributed by atoms with Crippen LogP contribution in [-0.4, -0.2) is 37.6 Å². The zero-order valence-electron chi connectivity index (χ0n) is 12.2. The molecule has 0 saturated carbocycles. The molecule has 3 aromatic rings. The van der Waals surface area contributed by atoms with E-state index in [4.69, 9.17) is 0 Å². The number of hydrogen-bond donors (Lipinski definition) is 1. The maximum Gasteiger partial charge on any atom is 0.322 e. The number of imidazole rings is 1. The molecule has 0 bridgehead atoms. The van der Waals surface area contributed by atoms with Gasteiger partial charge in [0.05, 0.1) is 5.52 Å². The summed E-state index contributed by atoms with van der Waals surface area (Å²) in [6.07, 6.45) is 3.41. The molecule has 1 fully saturated rings. The highest BCUT2D eigenvalue weighted by Gasteiger charge is 2.25. The Kier molecular flexibility index (Phi) is 3.92. The van der Waals surface area contributed by atoms with Crippen LogP contribution in [0.1, 0.15) is 18.5 Å².